The molecule has 0 spiro atoms. The molecule has 0 amide bonds. The maximum absolute atomic E-state index is 5.22. The highest BCUT2D eigenvalue weighted by molar-refractivity contribution is 5.32. The molecule has 1 aromatic heterocycles. The number of nitrogens with zero attached hydrogens (tertiary/aromatic N) is 1. The third-order valence-corrected chi connectivity index (χ3v) is 3.01. The van der Waals surface area contributed by atoms with E-state index in [0.717, 1.165) is 35.9 Å². The second-order valence-electron chi connectivity index (χ2n) is 4.26. The number of anilines is 1. The van der Waals surface area contributed by atoms with Crippen molar-refractivity contribution in [3.63, 3.8) is 0 Å². The minimum Gasteiger partial charge on any atom is -0.497 e. The molecule has 18 heavy (non-hydrogen) atoms. The number of hydrogen-bond donors (Lipinski definition) is 2. The predicted molar refractivity (Wildman–Crippen MR) is 73.3 cm³/mol. The van der Waals surface area contributed by atoms with Crippen molar-refractivity contribution in [2.45, 2.75) is 19.8 Å². The average molecular weight is 245 g/mol. The van der Waals surface area contributed by atoms with Gasteiger partial charge in [-0.05, 0) is 37.5 Å². The van der Waals surface area contributed by atoms with E-state index in [1.165, 1.54) is 5.56 Å². The van der Waals surface area contributed by atoms with Gasteiger partial charge in [0.05, 0.1) is 12.8 Å². The molecule has 96 valence electrons. The molecule has 0 aliphatic heterocycles. The Morgan fingerprint density at radius 1 is 1.33 bits per heavy atom. The number of hydrogen-bond acceptors (Lipinski definition) is 3. The van der Waals surface area contributed by atoms with Gasteiger partial charge in [0, 0.05) is 12.7 Å². The Balaban J connectivity index is 2.03. The first kappa shape index (κ1) is 12.5. The van der Waals surface area contributed by atoms with Gasteiger partial charge in [-0.3, -0.25) is 0 Å². The highest BCUT2D eigenvalue weighted by Gasteiger charge is 2.06. The molecule has 2 aromatic rings. The zero-order valence-electron chi connectivity index (χ0n) is 11.1. The second-order valence-corrected chi connectivity index (χ2v) is 4.26. The minimum atomic E-state index is 0.827. The summed E-state index contributed by atoms with van der Waals surface area (Å²) in [7, 11) is 3.56. The van der Waals surface area contributed by atoms with Crippen molar-refractivity contribution in [2.75, 3.05) is 19.5 Å². The van der Waals surface area contributed by atoms with Gasteiger partial charge in [0.25, 0.3) is 0 Å². The average Bonchev–Trinajstić information content (AvgIpc) is 2.77. The number of H-pyrrole nitrogens is 1. The molecule has 1 heterocycles. The van der Waals surface area contributed by atoms with E-state index in [0.29, 0.717) is 0 Å². The first-order valence-electron chi connectivity index (χ1n) is 6.09. The van der Waals surface area contributed by atoms with Gasteiger partial charge in [-0.2, -0.15) is 0 Å². The van der Waals surface area contributed by atoms with Gasteiger partial charge in [0.15, 0.2) is 5.95 Å². The van der Waals surface area contributed by atoms with E-state index < -0.39 is 0 Å². The van der Waals surface area contributed by atoms with E-state index in [-0.39, 0.29) is 0 Å². The van der Waals surface area contributed by atoms with Gasteiger partial charge in [-0.1, -0.05) is 12.1 Å². The zero-order valence-corrected chi connectivity index (χ0v) is 11.1. The van der Waals surface area contributed by atoms with E-state index in [4.69, 9.17) is 4.74 Å². The van der Waals surface area contributed by atoms with Crippen LogP contribution in [-0.2, 0) is 12.8 Å². The Hall–Kier alpha value is -1.97. The maximum Gasteiger partial charge on any atom is 0.200 e. The number of ether oxygens (including phenoxy) is 1. The third-order valence-electron chi connectivity index (χ3n) is 3.01. The summed E-state index contributed by atoms with van der Waals surface area (Å²) in [5.74, 6) is 1.73. The molecule has 0 saturated heterocycles. The second kappa shape index (κ2) is 5.58. The number of aryl methyl sites for hydroxylation is 3. The number of aromatic amines is 1. The van der Waals surface area contributed by atoms with Crippen molar-refractivity contribution in [1.82, 2.24) is 9.97 Å². The first-order chi connectivity index (χ1) is 8.72. The van der Waals surface area contributed by atoms with Crippen molar-refractivity contribution >= 4 is 5.95 Å². The monoisotopic (exact) mass is 245 g/mol. The van der Waals surface area contributed by atoms with Crippen LogP contribution in [0.15, 0.2) is 24.3 Å². The number of aromatic nitrogens is 2. The molecule has 0 radical (unpaired) electrons. The lowest BCUT2D eigenvalue weighted by atomic mass is 10.1. The Morgan fingerprint density at radius 3 is 2.83 bits per heavy atom. The lowest BCUT2D eigenvalue weighted by Gasteiger charge is -2.03. The van der Waals surface area contributed by atoms with Gasteiger partial charge < -0.3 is 15.0 Å². The number of methoxy groups -OCH3 is 1. The Bertz CT molecular complexity index is 520. The molecule has 0 unspecified atom stereocenters. The molecule has 0 aliphatic carbocycles. The van der Waals surface area contributed by atoms with Crippen LogP contribution in [0.4, 0.5) is 5.95 Å². The van der Waals surface area contributed by atoms with Crippen LogP contribution in [0.25, 0.3) is 0 Å². The summed E-state index contributed by atoms with van der Waals surface area (Å²) in [4.78, 5) is 7.69. The lowest BCUT2D eigenvalue weighted by molar-refractivity contribution is 0.414. The smallest absolute Gasteiger partial charge is 0.200 e. The van der Waals surface area contributed by atoms with Gasteiger partial charge in [0.2, 0.25) is 0 Å². The van der Waals surface area contributed by atoms with Crippen LogP contribution in [0.1, 0.15) is 17.0 Å². The van der Waals surface area contributed by atoms with Gasteiger partial charge in [0.1, 0.15) is 5.75 Å². The normalized spacial score (nSPS) is 10.4. The Labute approximate surface area is 107 Å². The summed E-state index contributed by atoms with van der Waals surface area (Å²) in [6.07, 6.45) is 1.89. The molecule has 2 N–H and O–H groups in total. The molecule has 0 bridgehead atoms. The molecule has 0 saturated carbocycles. The lowest BCUT2D eigenvalue weighted by Crippen LogP contribution is -1.95. The molecule has 4 nitrogen and oxygen atoms in total. The highest BCUT2D eigenvalue weighted by atomic mass is 16.5. The summed E-state index contributed by atoms with van der Waals surface area (Å²) in [5, 5.41) is 3.02. The van der Waals surface area contributed by atoms with E-state index in [9.17, 15) is 0 Å². The molecule has 0 fully saturated rings. The van der Waals surface area contributed by atoms with Crippen LogP contribution < -0.4 is 10.1 Å². The maximum atomic E-state index is 5.22. The van der Waals surface area contributed by atoms with Gasteiger partial charge in [-0.15, -0.1) is 0 Å². The molecular formula is C14H19N3O. The zero-order chi connectivity index (χ0) is 13.0. The van der Waals surface area contributed by atoms with Crippen LogP contribution in [0.2, 0.25) is 0 Å². The van der Waals surface area contributed by atoms with Crippen LogP contribution in [-0.4, -0.2) is 24.1 Å². The molecule has 4 heteroatoms. The molecule has 1 aromatic carbocycles. The number of nitrogens with one attached hydrogen (secondary N) is 2. The summed E-state index contributed by atoms with van der Waals surface area (Å²) < 4.78 is 5.22. The van der Waals surface area contributed by atoms with E-state index >= 15 is 0 Å². The van der Waals surface area contributed by atoms with Crippen molar-refractivity contribution in [2.24, 2.45) is 0 Å². The third kappa shape index (κ3) is 2.83. The van der Waals surface area contributed by atoms with Crippen LogP contribution in [0, 0.1) is 6.92 Å². The quantitative estimate of drug-likeness (QED) is 0.851. The fourth-order valence-corrected chi connectivity index (χ4v) is 1.95. The van der Waals surface area contributed by atoms with Crippen LogP contribution in [0.3, 0.4) is 0 Å². The standard InChI is InChI=1S/C14H19N3O/c1-10-13(17-14(15-2)16-10)8-7-11-5-4-6-12(9-11)18-3/h4-6,9H,7-8H2,1-3H3,(H2,15,16,17). The van der Waals surface area contributed by atoms with E-state index in [1.807, 2.05) is 19.2 Å². The van der Waals surface area contributed by atoms with E-state index in [1.54, 1.807) is 7.11 Å². The highest BCUT2D eigenvalue weighted by Crippen LogP contribution is 2.16. The van der Waals surface area contributed by atoms with Crippen molar-refractivity contribution in [3.05, 3.63) is 41.2 Å². The van der Waals surface area contributed by atoms with Crippen molar-refractivity contribution < 1.29 is 4.74 Å². The number of rotatable bonds is 5. The largest absolute Gasteiger partial charge is 0.497 e. The van der Waals surface area contributed by atoms with E-state index in [2.05, 4.69) is 34.3 Å². The topological polar surface area (TPSA) is 49.9 Å². The van der Waals surface area contributed by atoms with Crippen LogP contribution >= 0.6 is 0 Å². The van der Waals surface area contributed by atoms with Crippen LogP contribution in [0.5, 0.6) is 5.75 Å². The molecular weight excluding hydrogens is 226 g/mol. The first-order valence-corrected chi connectivity index (χ1v) is 6.09. The molecule has 2 rings (SSSR count). The number of imidazole rings is 1. The fraction of sp³-hybridized carbons (Fsp3) is 0.357. The Kier molecular flexibility index (Phi) is 3.87. The summed E-state index contributed by atoms with van der Waals surface area (Å²) in [6, 6.07) is 8.16. The Morgan fingerprint density at radius 2 is 2.17 bits per heavy atom. The summed E-state index contributed by atoms with van der Waals surface area (Å²) in [5.41, 5.74) is 3.51. The van der Waals surface area contributed by atoms with Crippen molar-refractivity contribution in [1.29, 1.82) is 0 Å². The number of benzene rings is 1. The van der Waals surface area contributed by atoms with Gasteiger partial charge in [-0.25, -0.2) is 4.98 Å². The minimum absolute atomic E-state index is 0.827. The van der Waals surface area contributed by atoms with Crippen molar-refractivity contribution in [3.8, 4) is 5.75 Å². The summed E-state index contributed by atoms with van der Waals surface area (Å²) in [6.45, 7) is 2.05. The SMILES string of the molecule is CNc1nc(CCc2cccc(OC)c2)c(C)[nH]1. The molecule has 0 aliphatic rings. The molecule has 0 atom stereocenters. The summed E-state index contributed by atoms with van der Waals surface area (Å²) >= 11 is 0. The van der Waals surface area contributed by atoms with Gasteiger partial charge >= 0.3 is 0 Å². The predicted octanol–water partition coefficient (Wildman–Crippen LogP) is 2.55. The fourth-order valence-electron chi connectivity index (χ4n) is 1.95.